The van der Waals surface area contributed by atoms with E-state index in [2.05, 4.69) is 54.5 Å². The summed E-state index contributed by atoms with van der Waals surface area (Å²) in [5, 5.41) is 11.4. The molecule has 0 aliphatic carbocycles. The first-order chi connectivity index (χ1) is 8.51. The van der Waals surface area contributed by atoms with Gasteiger partial charge in [-0.2, -0.15) is 0 Å². The van der Waals surface area contributed by atoms with Crippen LogP contribution in [0, 0.1) is 0 Å². The molecule has 0 aromatic heterocycles. The molecule has 1 aromatic rings. The molecule has 1 aliphatic rings. The molecule has 0 saturated carbocycles. The van der Waals surface area contributed by atoms with Crippen molar-refractivity contribution in [1.82, 2.24) is 0 Å². The highest BCUT2D eigenvalue weighted by Gasteiger charge is 2.33. The van der Waals surface area contributed by atoms with E-state index in [1.165, 1.54) is 10.5 Å². The summed E-state index contributed by atoms with van der Waals surface area (Å²) in [5.74, 6) is 0.522. The van der Waals surface area contributed by atoms with Crippen LogP contribution < -0.4 is 0 Å². The van der Waals surface area contributed by atoms with E-state index in [9.17, 15) is 5.11 Å². The lowest BCUT2D eigenvalue weighted by Gasteiger charge is -2.29. The third-order valence-electron chi connectivity index (χ3n) is 3.74. The molecule has 1 unspecified atom stereocenters. The molecule has 0 fully saturated rings. The van der Waals surface area contributed by atoms with Crippen molar-refractivity contribution in [2.24, 2.45) is 0 Å². The van der Waals surface area contributed by atoms with Crippen LogP contribution in [0.2, 0.25) is 0 Å². The first-order valence-corrected chi connectivity index (χ1v) is 7.96. The number of phenolic OH excluding ortho intramolecular Hbond substituents is 1. The van der Waals surface area contributed by atoms with Gasteiger partial charge >= 0.3 is 0 Å². The topological polar surface area (TPSA) is 20.2 Å². The van der Waals surface area contributed by atoms with Crippen LogP contribution in [0.5, 0.6) is 5.75 Å². The fraction of sp³-hybridized carbons (Fsp3) is 0.647. The second kappa shape index (κ2) is 4.44. The van der Waals surface area contributed by atoms with Gasteiger partial charge in [0.2, 0.25) is 0 Å². The Morgan fingerprint density at radius 3 is 2.16 bits per heavy atom. The van der Waals surface area contributed by atoms with Crippen molar-refractivity contribution >= 4 is 11.8 Å². The quantitative estimate of drug-likeness (QED) is 0.718. The minimum atomic E-state index is -0.0223. The van der Waals surface area contributed by atoms with Gasteiger partial charge in [0.15, 0.2) is 0 Å². The molecule has 1 atom stereocenters. The lowest BCUT2D eigenvalue weighted by Crippen LogP contribution is -2.19. The predicted molar refractivity (Wildman–Crippen MR) is 84.5 cm³/mol. The van der Waals surface area contributed by atoms with Crippen LogP contribution in [0.15, 0.2) is 11.0 Å². The summed E-state index contributed by atoms with van der Waals surface area (Å²) < 4.78 is 0. The number of hydrogen-bond donors (Lipinski definition) is 1. The largest absolute Gasteiger partial charge is 0.507 e. The van der Waals surface area contributed by atoms with E-state index in [1.807, 2.05) is 11.8 Å². The predicted octanol–water partition coefficient (Wildman–Crippen LogP) is 5.02. The second-order valence-corrected chi connectivity index (χ2v) is 9.24. The summed E-state index contributed by atoms with van der Waals surface area (Å²) in [6.07, 6.45) is 1.07. The molecule has 0 spiro atoms. The van der Waals surface area contributed by atoms with E-state index in [-0.39, 0.29) is 10.8 Å². The van der Waals surface area contributed by atoms with Gasteiger partial charge < -0.3 is 5.11 Å². The van der Waals surface area contributed by atoms with Gasteiger partial charge in [-0.3, -0.25) is 0 Å². The maximum atomic E-state index is 10.8. The first kappa shape index (κ1) is 14.8. The van der Waals surface area contributed by atoms with Crippen molar-refractivity contribution in [3.63, 3.8) is 0 Å². The lowest BCUT2D eigenvalue weighted by molar-refractivity contribution is 0.420. The van der Waals surface area contributed by atoms with Crippen LogP contribution in [0.1, 0.15) is 65.2 Å². The lowest BCUT2D eigenvalue weighted by atomic mass is 9.76. The minimum Gasteiger partial charge on any atom is -0.507 e. The second-order valence-electron chi connectivity index (χ2n) is 7.76. The molecule has 1 nitrogen and oxygen atoms in total. The molecule has 2 rings (SSSR count). The maximum absolute atomic E-state index is 10.8. The molecule has 2 heteroatoms. The first-order valence-electron chi connectivity index (χ1n) is 7.08. The van der Waals surface area contributed by atoms with Crippen molar-refractivity contribution in [3.8, 4) is 5.75 Å². The summed E-state index contributed by atoms with van der Waals surface area (Å²) in [5.41, 5.74) is 3.57. The highest BCUT2D eigenvalue weighted by molar-refractivity contribution is 8.00. The molecule has 106 valence electrons. The third kappa shape index (κ3) is 2.65. The Morgan fingerprint density at radius 1 is 1.11 bits per heavy atom. The highest BCUT2D eigenvalue weighted by atomic mass is 32.2. The van der Waals surface area contributed by atoms with Crippen molar-refractivity contribution in [2.75, 3.05) is 0 Å². The Kier molecular flexibility index (Phi) is 3.45. The van der Waals surface area contributed by atoms with Crippen LogP contribution in [-0.2, 0) is 17.3 Å². The monoisotopic (exact) mass is 278 g/mol. The SMILES string of the molecule is CC1Cc2c(cc(C(C)(C)C)c(O)c2C(C)(C)C)S1. The average molecular weight is 278 g/mol. The number of benzene rings is 1. The van der Waals surface area contributed by atoms with Crippen molar-refractivity contribution in [1.29, 1.82) is 0 Å². The van der Waals surface area contributed by atoms with Gasteiger partial charge in [-0.1, -0.05) is 48.5 Å². The Balaban J connectivity index is 2.75. The molecular weight excluding hydrogens is 252 g/mol. The number of fused-ring (bicyclic) bond motifs is 1. The standard InChI is InChI=1S/C17H26OS/c1-10-8-11-13(19-10)9-12(16(2,3)4)15(18)14(11)17(5,6)7/h9-10,18H,8H2,1-7H3. The van der Waals surface area contributed by atoms with E-state index in [4.69, 9.17) is 0 Å². The van der Waals surface area contributed by atoms with E-state index >= 15 is 0 Å². The molecule has 0 radical (unpaired) electrons. The summed E-state index contributed by atoms with van der Waals surface area (Å²) in [6.45, 7) is 15.4. The van der Waals surface area contributed by atoms with Gasteiger partial charge in [0.1, 0.15) is 5.75 Å². The number of rotatable bonds is 0. The molecule has 0 bridgehead atoms. The third-order valence-corrected chi connectivity index (χ3v) is 4.93. The summed E-state index contributed by atoms with van der Waals surface area (Å²) in [7, 11) is 0. The summed E-state index contributed by atoms with van der Waals surface area (Å²) >= 11 is 1.95. The van der Waals surface area contributed by atoms with Crippen molar-refractivity contribution in [3.05, 3.63) is 22.8 Å². The van der Waals surface area contributed by atoms with Crippen LogP contribution >= 0.6 is 11.8 Å². The Morgan fingerprint density at radius 2 is 1.68 bits per heavy atom. The maximum Gasteiger partial charge on any atom is 0.123 e. The molecule has 0 saturated heterocycles. The molecule has 0 amide bonds. The Hall–Kier alpha value is -0.630. The fourth-order valence-electron chi connectivity index (χ4n) is 2.92. The molecular formula is C17H26OS. The van der Waals surface area contributed by atoms with Gasteiger partial charge in [-0.15, -0.1) is 11.8 Å². The summed E-state index contributed by atoms with van der Waals surface area (Å²) in [6, 6.07) is 2.22. The van der Waals surface area contributed by atoms with Gasteiger partial charge in [-0.05, 0) is 28.9 Å². The zero-order chi connectivity index (χ0) is 14.6. The number of aromatic hydroxyl groups is 1. The zero-order valence-corrected chi connectivity index (χ0v) is 14.0. The van der Waals surface area contributed by atoms with Gasteiger partial charge in [0, 0.05) is 21.3 Å². The summed E-state index contributed by atoms with van der Waals surface area (Å²) in [4.78, 5) is 1.38. The van der Waals surface area contributed by atoms with Crippen molar-refractivity contribution in [2.45, 2.75) is 75.9 Å². The van der Waals surface area contributed by atoms with Gasteiger partial charge in [0.25, 0.3) is 0 Å². The van der Waals surface area contributed by atoms with E-state index in [0.29, 0.717) is 11.0 Å². The normalized spacial score (nSPS) is 19.6. The average Bonchev–Trinajstić information content (AvgIpc) is 2.52. The Labute approximate surface area is 121 Å². The highest BCUT2D eigenvalue weighted by Crippen LogP contribution is 2.49. The molecule has 1 aliphatic heterocycles. The Bertz CT molecular complexity index is 503. The van der Waals surface area contributed by atoms with Crippen LogP contribution in [0.4, 0.5) is 0 Å². The molecule has 1 heterocycles. The van der Waals surface area contributed by atoms with Gasteiger partial charge in [0.05, 0.1) is 0 Å². The van der Waals surface area contributed by atoms with Crippen LogP contribution in [-0.4, -0.2) is 10.4 Å². The molecule has 19 heavy (non-hydrogen) atoms. The van der Waals surface area contributed by atoms with E-state index < -0.39 is 0 Å². The van der Waals surface area contributed by atoms with Gasteiger partial charge in [-0.25, -0.2) is 0 Å². The van der Waals surface area contributed by atoms with Crippen LogP contribution in [0.25, 0.3) is 0 Å². The number of phenols is 1. The smallest absolute Gasteiger partial charge is 0.123 e. The number of thioether (sulfide) groups is 1. The fourth-order valence-corrected chi connectivity index (χ4v) is 4.12. The van der Waals surface area contributed by atoms with E-state index in [0.717, 1.165) is 17.5 Å². The molecule has 1 aromatic carbocycles. The zero-order valence-electron chi connectivity index (χ0n) is 13.2. The minimum absolute atomic E-state index is 0.0138. The molecule has 1 N–H and O–H groups in total. The van der Waals surface area contributed by atoms with Crippen LogP contribution in [0.3, 0.4) is 0 Å². The number of hydrogen-bond acceptors (Lipinski definition) is 2. The van der Waals surface area contributed by atoms with Crippen molar-refractivity contribution < 1.29 is 5.11 Å². The van der Waals surface area contributed by atoms with E-state index in [1.54, 1.807) is 0 Å².